The van der Waals surface area contributed by atoms with Crippen LogP contribution in [0.15, 0.2) is 54.7 Å². The van der Waals surface area contributed by atoms with E-state index in [1.165, 1.54) is 6.20 Å². The van der Waals surface area contributed by atoms with Crippen LogP contribution in [0.2, 0.25) is 0 Å². The molecule has 54 heavy (non-hydrogen) atoms. The molecule has 13 heteroatoms. The van der Waals surface area contributed by atoms with Gasteiger partial charge in [0.2, 0.25) is 6.41 Å². The third kappa shape index (κ3) is 10.2. The molecule has 2 aliphatic rings. The van der Waals surface area contributed by atoms with Crippen LogP contribution in [-0.2, 0) is 31.9 Å². The van der Waals surface area contributed by atoms with Crippen LogP contribution in [0, 0.1) is 13.8 Å². The lowest BCUT2D eigenvalue weighted by Crippen LogP contribution is -2.53. The topological polar surface area (TPSA) is 145 Å². The molecule has 1 atom stereocenters. The third-order valence-electron chi connectivity index (χ3n) is 10.4. The number of rotatable bonds is 15. The SMILES string of the molecule is CCCCOC(=O)c1ccc(N2CCN(C(=O)[C@@H](Cc3cc(C)c(O)c(C)c3)OC(=O)N3CCC(N(C=O)CCc4ccccc4NC)CC3)CC2)nc1. The molecule has 3 aromatic rings. The van der Waals surface area contributed by atoms with Crippen LogP contribution in [0.1, 0.15) is 65.2 Å². The number of piperazine rings is 1. The third-order valence-corrected chi connectivity index (χ3v) is 10.4. The zero-order valence-corrected chi connectivity index (χ0v) is 32.0. The molecule has 0 unspecified atom stereocenters. The van der Waals surface area contributed by atoms with Gasteiger partial charge in [0, 0.05) is 77.2 Å². The Labute approximate surface area is 318 Å². The summed E-state index contributed by atoms with van der Waals surface area (Å²) in [4.78, 5) is 63.8. The van der Waals surface area contributed by atoms with Gasteiger partial charge in [-0.1, -0.05) is 43.7 Å². The number of aryl methyl sites for hydroxylation is 2. The number of piperidine rings is 1. The van der Waals surface area contributed by atoms with Gasteiger partial charge in [0.1, 0.15) is 11.6 Å². The van der Waals surface area contributed by atoms with Crippen LogP contribution in [-0.4, -0.2) is 121 Å². The van der Waals surface area contributed by atoms with E-state index in [0.29, 0.717) is 94.2 Å². The first-order valence-corrected chi connectivity index (χ1v) is 19.0. The van der Waals surface area contributed by atoms with Gasteiger partial charge < -0.3 is 39.5 Å². The first-order chi connectivity index (χ1) is 26.1. The van der Waals surface area contributed by atoms with Crippen LogP contribution in [0.3, 0.4) is 0 Å². The summed E-state index contributed by atoms with van der Waals surface area (Å²) in [6.45, 7) is 9.21. The van der Waals surface area contributed by atoms with Crippen LogP contribution in [0.25, 0.3) is 0 Å². The zero-order valence-electron chi connectivity index (χ0n) is 32.0. The zero-order chi connectivity index (χ0) is 38.6. The van der Waals surface area contributed by atoms with Crippen molar-refractivity contribution in [1.29, 1.82) is 0 Å². The largest absolute Gasteiger partial charge is 0.507 e. The number of carbonyl (C=O) groups is 4. The number of hydrogen-bond donors (Lipinski definition) is 2. The standard InChI is InChI=1S/C41H54N6O7/c1-5-6-23-53-40(51)33-11-12-37(43-27-33)44-19-21-45(22-20-44)39(50)36(26-31-24-29(2)38(49)30(3)25-31)54-41(52)46-17-14-34(15-18-46)47(28-48)16-13-32-9-7-8-10-35(32)42-4/h7-12,24-25,27-28,34,36,42,49H,5-6,13-23,26H2,1-4H3/t36-/m1/s1. The second-order valence-corrected chi connectivity index (χ2v) is 14.1. The molecule has 2 aliphatic heterocycles. The van der Waals surface area contributed by atoms with Crippen molar-refractivity contribution in [3.63, 3.8) is 0 Å². The van der Waals surface area contributed by atoms with E-state index in [1.807, 2.05) is 49.2 Å². The highest BCUT2D eigenvalue weighted by Crippen LogP contribution is 2.26. The number of ether oxygens (including phenoxy) is 2. The molecular weight excluding hydrogens is 688 g/mol. The van der Waals surface area contributed by atoms with E-state index >= 15 is 0 Å². The van der Waals surface area contributed by atoms with E-state index in [9.17, 15) is 24.3 Å². The number of benzene rings is 2. The van der Waals surface area contributed by atoms with Crippen molar-refractivity contribution in [2.24, 2.45) is 0 Å². The van der Waals surface area contributed by atoms with E-state index in [4.69, 9.17) is 9.47 Å². The summed E-state index contributed by atoms with van der Waals surface area (Å²) in [7, 11) is 1.88. The van der Waals surface area contributed by atoms with Gasteiger partial charge in [0.25, 0.3) is 5.91 Å². The molecule has 0 aliphatic carbocycles. The number of anilines is 2. The maximum atomic E-state index is 14.1. The van der Waals surface area contributed by atoms with E-state index in [-0.39, 0.29) is 24.1 Å². The number of likely N-dealkylation sites (tertiary alicyclic amines) is 1. The molecule has 1 aromatic heterocycles. The molecule has 13 nitrogen and oxygen atoms in total. The van der Waals surface area contributed by atoms with Crippen LogP contribution in [0.5, 0.6) is 5.75 Å². The average molecular weight is 743 g/mol. The molecule has 3 amide bonds. The number of phenolic OH excluding ortho intramolecular Hbond substituents is 1. The monoisotopic (exact) mass is 742 g/mol. The Kier molecular flexibility index (Phi) is 14.1. The van der Waals surface area contributed by atoms with Gasteiger partial charge in [-0.3, -0.25) is 9.59 Å². The van der Waals surface area contributed by atoms with Crippen LogP contribution < -0.4 is 10.2 Å². The number of para-hydroxylation sites is 1. The summed E-state index contributed by atoms with van der Waals surface area (Å²) >= 11 is 0. The highest BCUT2D eigenvalue weighted by Gasteiger charge is 2.34. The lowest BCUT2D eigenvalue weighted by atomic mass is 10.0. The molecule has 5 rings (SSSR count). The fraction of sp³-hybridized carbons (Fsp3) is 0.488. The van der Waals surface area contributed by atoms with Crippen molar-refractivity contribution in [2.75, 3.05) is 69.7 Å². The quantitative estimate of drug-likeness (QED) is 0.125. The van der Waals surface area contributed by atoms with E-state index < -0.39 is 18.2 Å². The van der Waals surface area contributed by atoms with Crippen LogP contribution in [0.4, 0.5) is 16.3 Å². The Bertz CT molecular complexity index is 1710. The Morgan fingerprint density at radius 3 is 2.33 bits per heavy atom. The Morgan fingerprint density at radius 1 is 1.00 bits per heavy atom. The molecule has 3 heterocycles. The molecule has 0 radical (unpaired) electrons. The van der Waals surface area contributed by atoms with Gasteiger partial charge in [0.15, 0.2) is 6.10 Å². The highest BCUT2D eigenvalue weighted by atomic mass is 16.6. The summed E-state index contributed by atoms with van der Waals surface area (Å²) in [5.41, 5.74) is 4.71. The number of nitrogens with one attached hydrogen (secondary N) is 1. The highest BCUT2D eigenvalue weighted by molar-refractivity contribution is 5.89. The first-order valence-electron chi connectivity index (χ1n) is 19.0. The number of aromatic hydroxyl groups is 1. The van der Waals surface area contributed by atoms with Gasteiger partial charge >= 0.3 is 12.1 Å². The Hall–Kier alpha value is -5.33. The number of aromatic nitrogens is 1. The number of amides is 3. The molecule has 2 fully saturated rings. The minimum Gasteiger partial charge on any atom is -0.507 e. The van der Waals surface area contributed by atoms with Crippen molar-refractivity contribution < 1.29 is 33.8 Å². The van der Waals surface area contributed by atoms with Gasteiger partial charge in [0.05, 0.1) is 12.2 Å². The molecule has 2 aromatic carbocycles. The molecule has 0 bridgehead atoms. The number of unbranched alkanes of at least 4 members (excludes halogenated alkanes) is 1. The fourth-order valence-electron chi connectivity index (χ4n) is 7.13. The number of carbonyl (C=O) groups excluding carboxylic acids is 4. The number of phenols is 1. The first kappa shape index (κ1) is 39.9. The van der Waals surface area contributed by atoms with Crippen molar-refractivity contribution >= 4 is 35.9 Å². The Morgan fingerprint density at radius 2 is 1.70 bits per heavy atom. The van der Waals surface area contributed by atoms with Crippen LogP contribution >= 0.6 is 0 Å². The van der Waals surface area contributed by atoms with E-state index in [2.05, 4.69) is 21.3 Å². The summed E-state index contributed by atoms with van der Waals surface area (Å²) < 4.78 is 11.3. The second kappa shape index (κ2) is 19.1. The predicted molar refractivity (Wildman–Crippen MR) is 207 cm³/mol. The lowest BCUT2D eigenvalue weighted by Gasteiger charge is -2.38. The molecule has 0 spiro atoms. The number of nitrogens with zero attached hydrogens (tertiary/aromatic N) is 5. The molecule has 2 saturated heterocycles. The second-order valence-electron chi connectivity index (χ2n) is 14.1. The Balaban J connectivity index is 1.19. The minimum atomic E-state index is -1.07. The van der Waals surface area contributed by atoms with Gasteiger partial charge in [-0.25, -0.2) is 14.6 Å². The molecular formula is C41H54N6O7. The van der Waals surface area contributed by atoms with Crippen molar-refractivity contribution in [1.82, 2.24) is 19.7 Å². The number of pyridine rings is 1. The van der Waals surface area contributed by atoms with Crippen molar-refractivity contribution in [3.8, 4) is 5.75 Å². The van der Waals surface area contributed by atoms with Crippen molar-refractivity contribution in [2.45, 2.75) is 71.4 Å². The average Bonchev–Trinajstić information content (AvgIpc) is 3.20. The van der Waals surface area contributed by atoms with Gasteiger partial charge in [-0.2, -0.15) is 0 Å². The number of hydrogen-bond acceptors (Lipinski definition) is 10. The van der Waals surface area contributed by atoms with E-state index in [1.54, 1.807) is 35.8 Å². The van der Waals surface area contributed by atoms with E-state index in [0.717, 1.165) is 36.1 Å². The molecule has 290 valence electrons. The lowest BCUT2D eigenvalue weighted by molar-refractivity contribution is -0.141. The summed E-state index contributed by atoms with van der Waals surface area (Å²) in [6.07, 6.45) is 4.61. The molecule has 2 N–H and O–H groups in total. The predicted octanol–water partition coefficient (Wildman–Crippen LogP) is 4.96. The smallest absolute Gasteiger partial charge is 0.410 e. The summed E-state index contributed by atoms with van der Waals surface area (Å²) in [6, 6.07) is 15.2. The van der Waals surface area contributed by atoms with Crippen molar-refractivity contribution in [3.05, 3.63) is 82.5 Å². The van der Waals surface area contributed by atoms with Gasteiger partial charge in [-0.15, -0.1) is 0 Å². The molecule has 0 saturated carbocycles. The minimum absolute atomic E-state index is 0.00437. The maximum Gasteiger partial charge on any atom is 0.410 e. The normalized spacial score (nSPS) is 15.4. The summed E-state index contributed by atoms with van der Waals surface area (Å²) in [5, 5.41) is 13.6. The number of esters is 1. The van der Waals surface area contributed by atoms with Gasteiger partial charge in [-0.05, 0) is 80.0 Å². The fourth-order valence-corrected chi connectivity index (χ4v) is 7.13. The maximum absolute atomic E-state index is 14.1. The summed E-state index contributed by atoms with van der Waals surface area (Å²) in [5.74, 6) is 0.216.